The molecule has 1 aliphatic rings. The number of carbonyl (C=O) groups is 1. The molecule has 100 valence electrons. The van der Waals surface area contributed by atoms with Crippen LogP contribution in [0, 0.1) is 0 Å². The minimum Gasteiger partial charge on any atom is -0.342 e. The minimum atomic E-state index is -4.25. The van der Waals surface area contributed by atoms with Gasteiger partial charge in [0.2, 0.25) is 5.91 Å². The molecule has 0 aromatic heterocycles. The Hall–Kier alpha value is -0.260. The zero-order chi connectivity index (χ0) is 13.1. The summed E-state index contributed by atoms with van der Waals surface area (Å²) >= 11 is 3.50. The predicted octanol–water partition coefficient (Wildman–Crippen LogP) is 3.49. The van der Waals surface area contributed by atoms with Gasteiger partial charge in [-0.2, -0.15) is 13.2 Å². The number of halogens is 4. The highest BCUT2D eigenvalue weighted by Gasteiger charge is 2.32. The molecule has 1 fully saturated rings. The maximum absolute atomic E-state index is 12.0. The van der Waals surface area contributed by atoms with Crippen molar-refractivity contribution in [2.75, 3.05) is 7.05 Å². The molecule has 1 amide bonds. The maximum atomic E-state index is 12.0. The van der Waals surface area contributed by atoms with E-state index in [2.05, 4.69) is 15.9 Å². The average molecular weight is 316 g/mol. The second kappa shape index (κ2) is 6.07. The van der Waals surface area contributed by atoms with E-state index in [1.165, 1.54) is 4.90 Å². The first-order chi connectivity index (χ1) is 7.81. The van der Waals surface area contributed by atoms with Crippen LogP contribution < -0.4 is 0 Å². The highest BCUT2D eigenvalue weighted by Crippen LogP contribution is 2.29. The van der Waals surface area contributed by atoms with Gasteiger partial charge in [0, 0.05) is 24.3 Å². The molecule has 1 saturated carbocycles. The van der Waals surface area contributed by atoms with E-state index in [0.717, 1.165) is 25.7 Å². The molecule has 17 heavy (non-hydrogen) atoms. The fraction of sp³-hybridized carbons (Fsp3) is 0.909. The Morgan fingerprint density at radius 1 is 1.35 bits per heavy atom. The van der Waals surface area contributed by atoms with E-state index in [1.54, 1.807) is 7.05 Å². The monoisotopic (exact) mass is 315 g/mol. The van der Waals surface area contributed by atoms with E-state index in [4.69, 9.17) is 0 Å². The molecular weight excluding hydrogens is 299 g/mol. The molecule has 2 unspecified atom stereocenters. The van der Waals surface area contributed by atoms with Gasteiger partial charge in [-0.1, -0.05) is 28.8 Å². The zero-order valence-corrected chi connectivity index (χ0v) is 11.4. The zero-order valence-electron chi connectivity index (χ0n) is 9.76. The normalized spacial score (nSPS) is 25.7. The smallest absolute Gasteiger partial charge is 0.342 e. The first kappa shape index (κ1) is 14.8. The van der Waals surface area contributed by atoms with Crippen LogP contribution in [-0.2, 0) is 4.79 Å². The Balaban J connectivity index is 2.45. The van der Waals surface area contributed by atoms with E-state index in [0.29, 0.717) is 0 Å². The summed E-state index contributed by atoms with van der Waals surface area (Å²) in [6, 6.07) is 0.0319. The van der Waals surface area contributed by atoms with Crippen molar-refractivity contribution in [1.82, 2.24) is 4.90 Å². The van der Waals surface area contributed by atoms with Crippen molar-refractivity contribution in [2.24, 2.45) is 0 Å². The van der Waals surface area contributed by atoms with Crippen LogP contribution in [0.1, 0.15) is 38.5 Å². The standard InChI is InChI=1S/C11H17BrF3NO/c1-16(9-5-3-2-4-8(9)12)10(17)6-7-11(13,14)15/h8-9H,2-7H2,1H3. The van der Waals surface area contributed by atoms with E-state index < -0.39 is 24.9 Å². The third-order valence-corrected chi connectivity index (χ3v) is 4.23. The largest absolute Gasteiger partial charge is 0.389 e. The van der Waals surface area contributed by atoms with Crippen LogP contribution in [0.4, 0.5) is 13.2 Å². The SMILES string of the molecule is CN(C(=O)CCC(F)(F)F)C1CCCCC1Br. The molecule has 0 aromatic carbocycles. The van der Waals surface area contributed by atoms with Crippen molar-refractivity contribution in [3.8, 4) is 0 Å². The summed E-state index contributed by atoms with van der Waals surface area (Å²) in [5.74, 6) is -0.418. The highest BCUT2D eigenvalue weighted by atomic mass is 79.9. The lowest BCUT2D eigenvalue weighted by atomic mass is 9.94. The van der Waals surface area contributed by atoms with E-state index in [-0.39, 0.29) is 10.9 Å². The second-order valence-electron chi connectivity index (χ2n) is 4.49. The number of amides is 1. The van der Waals surface area contributed by atoms with Crippen molar-refractivity contribution in [3.63, 3.8) is 0 Å². The summed E-state index contributed by atoms with van der Waals surface area (Å²) in [4.78, 5) is 13.3. The number of alkyl halides is 4. The molecule has 2 nitrogen and oxygen atoms in total. The van der Waals surface area contributed by atoms with Crippen molar-refractivity contribution >= 4 is 21.8 Å². The number of hydrogen-bond acceptors (Lipinski definition) is 1. The molecule has 0 radical (unpaired) electrons. The topological polar surface area (TPSA) is 20.3 Å². The fourth-order valence-corrected chi connectivity index (χ4v) is 3.06. The molecule has 0 bridgehead atoms. The second-order valence-corrected chi connectivity index (χ2v) is 5.66. The van der Waals surface area contributed by atoms with Gasteiger partial charge in [-0.3, -0.25) is 4.79 Å². The molecule has 2 atom stereocenters. The minimum absolute atomic E-state index is 0.0319. The molecule has 0 heterocycles. The van der Waals surface area contributed by atoms with E-state index in [1.807, 2.05) is 0 Å². The molecule has 0 saturated heterocycles. The van der Waals surface area contributed by atoms with Crippen molar-refractivity contribution in [3.05, 3.63) is 0 Å². The van der Waals surface area contributed by atoms with Gasteiger partial charge in [0.15, 0.2) is 0 Å². The molecule has 0 aliphatic heterocycles. The Labute approximate surface area is 108 Å². The van der Waals surface area contributed by atoms with E-state index >= 15 is 0 Å². The van der Waals surface area contributed by atoms with Gasteiger partial charge in [-0.15, -0.1) is 0 Å². The van der Waals surface area contributed by atoms with Gasteiger partial charge >= 0.3 is 6.18 Å². The van der Waals surface area contributed by atoms with Gasteiger partial charge in [0.05, 0.1) is 6.42 Å². The van der Waals surface area contributed by atoms with Crippen LogP contribution in [-0.4, -0.2) is 34.9 Å². The summed E-state index contributed by atoms with van der Waals surface area (Å²) in [6.07, 6.45) is -1.75. The highest BCUT2D eigenvalue weighted by molar-refractivity contribution is 9.09. The van der Waals surface area contributed by atoms with Gasteiger partial charge in [0.1, 0.15) is 0 Å². The van der Waals surface area contributed by atoms with Crippen LogP contribution in [0.25, 0.3) is 0 Å². The number of rotatable bonds is 3. The van der Waals surface area contributed by atoms with Crippen molar-refractivity contribution < 1.29 is 18.0 Å². The summed E-state index contributed by atoms with van der Waals surface area (Å²) in [6.45, 7) is 0. The molecule has 0 N–H and O–H groups in total. The Morgan fingerprint density at radius 2 is 1.94 bits per heavy atom. The van der Waals surface area contributed by atoms with Crippen molar-refractivity contribution in [1.29, 1.82) is 0 Å². The quantitative estimate of drug-likeness (QED) is 0.730. The lowest BCUT2D eigenvalue weighted by molar-refractivity contribution is -0.149. The molecule has 0 spiro atoms. The number of carbonyl (C=O) groups excluding carboxylic acids is 1. The Bertz CT molecular complexity index is 270. The number of hydrogen-bond donors (Lipinski definition) is 0. The molecule has 0 aromatic rings. The molecule has 1 rings (SSSR count). The van der Waals surface area contributed by atoms with Gasteiger partial charge in [-0.25, -0.2) is 0 Å². The lowest BCUT2D eigenvalue weighted by Crippen LogP contribution is -2.44. The first-order valence-corrected chi connectivity index (χ1v) is 6.69. The van der Waals surface area contributed by atoms with Crippen molar-refractivity contribution in [2.45, 2.75) is 55.6 Å². The lowest BCUT2D eigenvalue weighted by Gasteiger charge is -2.35. The number of nitrogens with zero attached hydrogens (tertiary/aromatic N) is 1. The average Bonchev–Trinajstić information content (AvgIpc) is 2.24. The molecule has 6 heteroatoms. The Morgan fingerprint density at radius 3 is 2.47 bits per heavy atom. The van der Waals surface area contributed by atoms with Gasteiger partial charge < -0.3 is 4.90 Å². The third kappa shape index (κ3) is 4.85. The maximum Gasteiger partial charge on any atom is 0.389 e. The van der Waals surface area contributed by atoms with Crippen LogP contribution in [0.5, 0.6) is 0 Å². The van der Waals surface area contributed by atoms with Crippen LogP contribution in [0.2, 0.25) is 0 Å². The summed E-state index contributed by atoms with van der Waals surface area (Å²) < 4.78 is 36.1. The van der Waals surface area contributed by atoms with Crippen LogP contribution in [0.3, 0.4) is 0 Å². The summed E-state index contributed by atoms with van der Waals surface area (Å²) in [5.41, 5.74) is 0. The Kier molecular flexibility index (Phi) is 5.28. The van der Waals surface area contributed by atoms with Gasteiger partial charge in [-0.05, 0) is 12.8 Å². The summed E-state index contributed by atoms with van der Waals surface area (Å²) in [7, 11) is 1.60. The third-order valence-electron chi connectivity index (χ3n) is 3.16. The fourth-order valence-electron chi connectivity index (χ4n) is 2.11. The summed E-state index contributed by atoms with van der Waals surface area (Å²) in [5, 5.41) is 0. The molecule has 1 aliphatic carbocycles. The van der Waals surface area contributed by atoms with Crippen LogP contribution >= 0.6 is 15.9 Å². The first-order valence-electron chi connectivity index (χ1n) is 5.78. The molecular formula is C11H17BrF3NO. The van der Waals surface area contributed by atoms with Crippen LogP contribution in [0.15, 0.2) is 0 Å². The van der Waals surface area contributed by atoms with Gasteiger partial charge in [0.25, 0.3) is 0 Å². The predicted molar refractivity (Wildman–Crippen MR) is 63.0 cm³/mol. The van der Waals surface area contributed by atoms with E-state index in [9.17, 15) is 18.0 Å².